The van der Waals surface area contributed by atoms with Gasteiger partial charge in [-0.15, -0.1) is 0 Å². The highest BCUT2D eigenvalue weighted by Gasteiger charge is 2.41. The maximum absolute atomic E-state index is 9.75. The number of aliphatic hydroxyl groups is 1. The fourth-order valence-electron chi connectivity index (χ4n) is 3.97. The van der Waals surface area contributed by atoms with E-state index < -0.39 is 5.54 Å². The zero-order chi connectivity index (χ0) is 19.3. The quantitative estimate of drug-likeness (QED) is 0.514. The third-order valence-corrected chi connectivity index (χ3v) is 5.46. The molecule has 2 heterocycles. The van der Waals surface area contributed by atoms with Crippen LogP contribution in [0.2, 0.25) is 0 Å². The smallest absolute Gasteiger partial charge is 0.238 e. The van der Waals surface area contributed by atoms with Gasteiger partial charge in [0.05, 0.1) is 17.5 Å². The number of benzene rings is 2. The maximum Gasteiger partial charge on any atom is 0.238 e. The number of aliphatic hydroxyl groups excluding tert-OH is 1. The lowest BCUT2D eigenvalue weighted by atomic mass is 9.70. The molecule has 2 aromatic heterocycles. The monoisotopic (exact) mass is 372 g/mol. The van der Waals surface area contributed by atoms with Gasteiger partial charge in [-0.2, -0.15) is 4.98 Å². The zero-order valence-corrected chi connectivity index (χ0v) is 15.2. The van der Waals surface area contributed by atoms with Crippen LogP contribution in [0.3, 0.4) is 0 Å². The molecule has 0 unspecified atom stereocenters. The number of nitrogens with two attached hydrogens (primary N) is 1. The first kappa shape index (κ1) is 16.9. The lowest BCUT2D eigenvalue weighted by molar-refractivity contribution is 0.0209. The average Bonchev–Trinajstić information content (AvgIpc) is 3.06. The van der Waals surface area contributed by atoms with Gasteiger partial charge in [0.1, 0.15) is 0 Å². The Morgan fingerprint density at radius 1 is 0.929 bits per heavy atom. The molecule has 0 amide bonds. The van der Waals surface area contributed by atoms with Crippen molar-refractivity contribution in [1.82, 2.24) is 14.4 Å². The van der Waals surface area contributed by atoms with E-state index in [9.17, 15) is 10.2 Å². The van der Waals surface area contributed by atoms with E-state index in [0.717, 1.165) is 28.1 Å². The molecule has 6 nitrogen and oxygen atoms in total. The van der Waals surface area contributed by atoms with Crippen LogP contribution in [0, 0.1) is 0 Å². The van der Waals surface area contributed by atoms with E-state index in [1.807, 2.05) is 59.0 Å². The number of fused-ring (bicyclic) bond motifs is 1. The van der Waals surface area contributed by atoms with E-state index in [0.29, 0.717) is 18.6 Å². The van der Waals surface area contributed by atoms with Crippen LogP contribution in [-0.2, 0) is 5.54 Å². The van der Waals surface area contributed by atoms with Crippen molar-refractivity contribution in [2.45, 2.75) is 24.5 Å². The van der Waals surface area contributed by atoms with Crippen molar-refractivity contribution in [1.29, 1.82) is 0 Å². The third-order valence-electron chi connectivity index (χ3n) is 5.46. The number of nitrogens with zero attached hydrogens (tertiary/aromatic N) is 3. The second-order valence-electron chi connectivity index (χ2n) is 7.43. The van der Waals surface area contributed by atoms with Crippen molar-refractivity contribution in [3.8, 4) is 28.4 Å². The summed E-state index contributed by atoms with van der Waals surface area (Å²) in [6, 6.07) is 19.6. The molecule has 2 aromatic carbocycles. The summed E-state index contributed by atoms with van der Waals surface area (Å²) in [7, 11) is 0. The van der Waals surface area contributed by atoms with Crippen LogP contribution in [0.4, 0.5) is 0 Å². The minimum Gasteiger partial charge on any atom is -0.493 e. The van der Waals surface area contributed by atoms with Crippen LogP contribution in [0.5, 0.6) is 5.88 Å². The largest absolute Gasteiger partial charge is 0.493 e. The highest BCUT2D eigenvalue weighted by atomic mass is 16.3. The predicted molar refractivity (Wildman–Crippen MR) is 107 cm³/mol. The van der Waals surface area contributed by atoms with E-state index in [2.05, 4.69) is 9.97 Å². The summed E-state index contributed by atoms with van der Waals surface area (Å²) in [4.78, 5) is 8.83. The predicted octanol–water partition coefficient (Wildman–Crippen LogP) is 3.08. The summed E-state index contributed by atoms with van der Waals surface area (Å²) in [6.45, 7) is 0. The van der Waals surface area contributed by atoms with Crippen molar-refractivity contribution < 1.29 is 10.2 Å². The number of aromatic nitrogens is 3. The molecule has 0 saturated heterocycles. The summed E-state index contributed by atoms with van der Waals surface area (Å²) in [6.07, 6.45) is 2.62. The van der Waals surface area contributed by atoms with Crippen LogP contribution < -0.4 is 5.73 Å². The van der Waals surface area contributed by atoms with Gasteiger partial charge in [0, 0.05) is 28.9 Å². The van der Waals surface area contributed by atoms with Crippen LogP contribution in [-0.4, -0.2) is 30.7 Å². The molecule has 5 rings (SSSR count). The minimum atomic E-state index is -0.452. The van der Waals surface area contributed by atoms with E-state index >= 15 is 0 Å². The highest BCUT2D eigenvalue weighted by molar-refractivity contribution is 5.81. The van der Waals surface area contributed by atoms with Crippen LogP contribution in [0.1, 0.15) is 18.4 Å². The SMILES string of the molecule is N[C@]1(c2ccc(-c3nc4nc(O)ccn4c3-c3ccccc3)cc2)C[C@@H](O)C1. The number of hydrogen-bond acceptors (Lipinski definition) is 5. The lowest BCUT2D eigenvalue weighted by Gasteiger charge is -2.42. The highest BCUT2D eigenvalue weighted by Crippen LogP contribution is 2.40. The van der Waals surface area contributed by atoms with Crippen LogP contribution in [0.15, 0.2) is 66.9 Å². The second kappa shape index (κ2) is 6.15. The molecule has 0 spiro atoms. The molecular weight excluding hydrogens is 352 g/mol. The molecule has 0 radical (unpaired) electrons. The zero-order valence-electron chi connectivity index (χ0n) is 15.2. The minimum absolute atomic E-state index is 0.0624. The summed E-state index contributed by atoms with van der Waals surface area (Å²) in [5, 5.41) is 19.4. The van der Waals surface area contributed by atoms with Gasteiger partial charge in [0.2, 0.25) is 11.7 Å². The first-order chi connectivity index (χ1) is 13.5. The first-order valence-electron chi connectivity index (χ1n) is 9.25. The molecule has 140 valence electrons. The van der Waals surface area contributed by atoms with E-state index in [-0.39, 0.29) is 12.0 Å². The molecule has 0 atom stereocenters. The molecular formula is C22H20N4O2. The molecule has 1 saturated carbocycles. The Bertz CT molecular complexity index is 1150. The van der Waals surface area contributed by atoms with E-state index in [1.54, 1.807) is 12.3 Å². The number of imidazole rings is 1. The number of aromatic hydroxyl groups is 1. The molecule has 4 N–H and O–H groups in total. The Balaban J connectivity index is 1.64. The maximum atomic E-state index is 9.75. The molecule has 6 heteroatoms. The van der Waals surface area contributed by atoms with Crippen molar-refractivity contribution in [3.63, 3.8) is 0 Å². The van der Waals surface area contributed by atoms with Gasteiger partial charge in [-0.25, -0.2) is 4.98 Å². The van der Waals surface area contributed by atoms with Gasteiger partial charge >= 0.3 is 0 Å². The molecule has 1 fully saturated rings. The third kappa shape index (κ3) is 2.66. The average molecular weight is 372 g/mol. The van der Waals surface area contributed by atoms with Crippen molar-refractivity contribution in [3.05, 3.63) is 72.4 Å². The molecule has 1 aliphatic rings. The first-order valence-corrected chi connectivity index (χ1v) is 9.25. The van der Waals surface area contributed by atoms with Gasteiger partial charge < -0.3 is 15.9 Å². The second-order valence-corrected chi connectivity index (χ2v) is 7.43. The molecule has 1 aliphatic carbocycles. The summed E-state index contributed by atoms with van der Waals surface area (Å²) in [5.41, 5.74) is 10.6. The summed E-state index contributed by atoms with van der Waals surface area (Å²) >= 11 is 0. The van der Waals surface area contributed by atoms with Gasteiger partial charge in [0.25, 0.3) is 0 Å². The Kier molecular flexibility index (Phi) is 3.72. The fourth-order valence-corrected chi connectivity index (χ4v) is 3.97. The molecule has 0 aliphatic heterocycles. The Labute approximate surface area is 161 Å². The number of rotatable bonds is 3. The van der Waals surface area contributed by atoms with Gasteiger partial charge in [-0.3, -0.25) is 4.40 Å². The van der Waals surface area contributed by atoms with Gasteiger partial charge in [0.15, 0.2) is 0 Å². The van der Waals surface area contributed by atoms with Crippen molar-refractivity contribution in [2.24, 2.45) is 5.73 Å². The number of hydrogen-bond donors (Lipinski definition) is 3. The van der Waals surface area contributed by atoms with Crippen molar-refractivity contribution >= 4 is 5.78 Å². The summed E-state index contributed by atoms with van der Waals surface area (Å²) < 4.78 is 1.88. The summed E-state index contributed by atoms with van der Waals surface area (Å²) in [5.74, 6) is 0.378. The van der Waals surface area contributed by atoms with Gasteiger partial charge in [-0.05, 0) is 18.4 Å². The molecule has 28 heavy (non-hydrogen) atoms. The molecule has 4 aromatic rings. The van der Waals surface area contributed by atoms with Crippen LogP contribution in [0.25, 0.3) is 28.3 Å². The standard InChI is InChI=1S/C22H20N4O2/c23-22(12-17(27)13-22)16-8-6-14(7-9-16)19-20(15-4-2-1-3-5-15)26-11-10-18(28)24-21(26)25-19/h1-11,17,27H,12-13,23H2,(H,24,25,28)/t17-,22-. The Morgan fingerprint density at radius 2 is 1.64 bits per heavy atom. The van der Waals surface area contributed by atoms with E-state index in [4.69, 9.17) is 5.73 Å². The fraction of sp³-hybridized carbons (Fsp3) is 0.182. The lowest BCUT2D eigenvalue weighted by Crippen LogP contribution is -2.51. The topological polar surface area (TPSA) is 96.7 Å². The molecule has 0 bridgehead atoms. The van der Waals surface area contributed by atoms with Crippen LogP contribution >= 0.6 is 0 Å². The van der Waals surface area contributed by atoms with E-state index in [1.165, 1.54) is 0 Å². The van der Waals surface area contributed by atoms with Crippen molar-refractivity contribution in [2.75, 3.05) is 0 Å². The van der Waals surface area contributed by atoms with Gasteiger partial charge in [-0.1, -0.05) is 54.6 Å². The Hall–Kier alpha value is -3.22. The Morgan fingerprint density at radius 3 is 2.32 bits per heavy atom. The normalized spacial score (nSPS) is 21.6.